The standard InChI is InChI=1S/C9H16O2/c1-6(2)8(10)5-9(11)7(3)4/h5-7,10H,1-4H3/i5D,6D,7D. The van der Waals surface area contributed by atoms with Crippen molar-refractivity contribution in [3.05, 3.63) is 11.8 Å². The van der Waals surface area contributed by atoms with E-state index in [0.717, 1.165) is 0 Å². The zero-order valence-corrected chi connectivity index (χ0v) is 7.36. The highest BCUT2D eigenvalue weighted by molar-refractivity contribution is 5.91. The van der Waals surface area contributed by atoms with Crippen LogP contribution < -0.4 is 0 Å². The van der Waals surface area contributed by atoms with Crippen molar-refractivity contribution >= 4 is 5.78 Å². The van der Waals surface area contributed by atoms with Crippen LogP contribution in [0.4, 0.5) is 0 Å². The molecule has 0 heterocycles. The van der Waals surface area contributed by atoms with Crippen molar-refractivity contribution in [1.29, 1.82) is 0 Å². The van der Waals surface area contributed by atoms with Crippen molar-refractivity contribution in [2.75, 3.05) is 0 Å². The van der Waals surface area contributed by atoms with Gasteiger partial charge in [-0.05, 0) is 0 Å². The van der Waals surface area contributed by atoms with E-state index in [0.29, 0.717) is 0 Å². The third kappa shape index (κ3) is 3.81. The maximum absolute atomic E-state index is 11.4. The summed E-state index contributed by atoms with van der Waals surface area (Å²) in [6.07, 6.45) is 0. The number of aliphatic hydroxyl groups is 1. The molecule has 0 aliphatic rings. The molecule has 64 valence electrons. The van der Waals surface area contributed by atoms with E-state index >= 15 is 0 Å². The molecular weight excluding hydrogens is 140 g/mol. The molecule has 0 bridgehead atoms. The number of ketones is 1. The van der Waals surface area contributed by atoms with Gasteiger partial charge >= 0.3 is 0 Å². The minimum Gasteiger partial charge on any atom is -0.512 e. The molecule has 0 amide bonds. The maximum Gasteiger partial charge on any atom is 0.161 e. The largest absolute Gasteiger partial charge is 0.512 e. The van der Waals surface area contributed by atoms with Crippen molar-refractivity contribution < 1.29 is 14.0 Å². The number of hydrogen-bond acceptors (Lipinski definition) is 2. The Bertz CT molecular complexity index is 269. The topological polar surface area (TPSA) is 37.3 Å². The van der Waals surface area contributed by atoms with Gasteiger partial charge in [0, 0.05) is 20.6 Å². The Labute approximate surface area is 72.1 Å². The number of allylic oxidation sites excluding steroid dienone is 2. The average Bonchev–Trinajstić information content (AvgIpc) is 1.97. The Hall–Kier alpha value is -0.790. The van der Waals surface area contributed by atoms with E-state index in [1.165, 1.54) is 27.7 Å². The molecule has 0 aromatic carbocycles. The van der Waals surface area contributed by atoms with E-state index in [-0.39, 0.29) is 0 Å². The van der Waals surface area contributed by atoms with Crippen molar-refractivity contribution in [3.63, 3.8) is 0 Å². The second kappa shape index (κ2) is 4.16. The lowest BCUT2D eigenvalue weighted by molar-refractivity contribution is -0.117. The molecule has 0 spiro atoms. The molecule has 0 atom stereocenters. The Kier molecular flexibility index (Phi) is 2.20. The van der Waals surface area contributed by atoms with Crippen LogP contribution >= 0.6 is 0 Å². The first kappa shape index (κ1) is 5.81. The molecule has 0 fully saturated rings. The van der Waals surface area contributed by atoms with E-state index in [1.807, 2.05) is 0 Å². The fraction of sp³-hybridized carbons (Fsp3) is 0.667. The number of carbonyl (C=O) groups excluding carboxylic acids is 1. The van der Waals surface area contributed by atoms with Crippen molar-refractivity contribution in [3.8, 4) is 0 Å². The lowest BCUT2D eigenvalue weighted by Crippen LogP contribution is -2.05. The summed E-state index contributed by atoms with van der Waals surface area (Å²) in [6, 6.07) is -0.648. The molecule has 1 N–H and O–H groups in total. The molecular formula is C9H16O2. The van der Waals surface area contributed by atoms with Gasteiger partial charge in [-0.3, -0.25) is 4.79 Å². The van der Waals surface area contributed by atoms with Gasteiger partial charge in [0.1, 0.15) is 0 Å². The SMILES string of the molecule is [2H]C(C(=O)C([2H])(C)C)=C(O)C([2H])(C)C. The highest BCUT2D eigenvalue weighted by atomic mass is 16.3. The van der Waals surface area contributed by atoms with E-state index in [1.54, 1.807) is 0 Å². The molecule has 0 rings (SSSR count). The molecule has 2 nitrogen and oxygen atoms in total. The molecule has 2 heteroatoms. The summed E-state index contributed by atoms with van der Waals surface area (Å²) in [4.78, 5) is 11.4. The Morgan fingerprint density at radius 3 is 2.18 bits per heavy atom. The van der Waals surface area contributed by atoms with Crippen LogP contribution in [0.25, 0.3) is 0 Å². The quantitative estimate of drug-likeness (QED) is 0.507. The van der Waals surface area contributed by atoms with Gasteiger partial charge in [-0.25, -0.2) is 0 Å². The van der Waals surface area contributed by atoms with Crippen molar-refractivity contribution in [1.82, 2.24) is 0 Å². The first-order valence-electron chi connectivity index (χ1n) is 4.93. The number of carbonyl (C=O) groups is 1. The monoisotopic (exact) mass is 159 g/mol. The first-order valence-corrected chi connectivity index (χ1v) is 3.43. The maximum atomic E-state index is 11.4. The number of hydrogen-bond donors (Lipinski definition) is 1. The number of aliphatic hydroxyl groups excluding tert-OH is 1. The molecule has 0 saturated carbocycles. The van der Waals surface area contributed by atoms with Crippen LogP contribution in [0.5, 0.6) is 0 Å². The van der Waals surface area contributed by atoms with Gasteiger partial charge in [0.05, 0.1) is 7.13 Å². The van der Waals surface area contributed by atoms with Crippen LogP contribution in [0.1, 0.15) is 31.8 Å². The van der Waals surface area contributed by atoms with Crippen LogP contribution in [-0.2, 0) is 4.79 Å². The van der Waals surface area contributed by atoms with Crippen molar-refractivity contribution in [2.45, 2.75) is 27.7 Å². The third-order valence-electron chi connectivity index (χ3n) is 1.16. The Balaban J connectivity index is 5.14. The van der Waals surface area contributed by atoms with Crippen molar-refractivity contribution in [2.24, 2.45) is 11.8 Å². The van der Waals surface area contributed by atoms with E-state index < -0.39 is 29.4 Å². The van der Waals surface area contributed by atoms with Gasteiger partial charge in [0.2, 0.25) is 0 Å². The smallest absolute Gasteiger partial charge is 0.161 e. The van der Waals surface area contributed by atoms with Crippen LogP contribution in [0.3, 0.4) is 0 Å². The molecule has 0 unspecified atom stereocenters. The highest BCUT2D eigenvalue weighted by Gasteiger charge is 2.07. The fourth-order valence-electron chi connectivity index (χ4n) is 0.358. The van der Waals surface area contributed by atoms with E-state index in [2.05, 4.69) is 0 Å². The predicted molar refractivity (Wildman–Crippen MR) is 45.4 cm³/mol. The van der Waals surface area contributed by atoms with Gasteiger partial charge in [0.15, 0.2) is 5.78 Å². The summed E-state index contributed by atoms with van der Waals surface area (Å²) in [5.41, 5.74) is 0. The number of rotatable bonds is 3. The van der Waals surface area contributed by atoms with Gasteiger partial charge in [0.25, 0.3) is 0 Å². The molecule has 0 aliphatic heterocycles. The summed E-state index contributed by atoms with van der Waals surface area (Å²) in [7, 11) is 0. The second-order valence-corrected chi connectivity index (χ2v) is 2.80. The van der Waals surface area contributed by atoms with Gasteiger partial charge in [-0.15, -0.1) is 0 Å². The van der Waals surface area contributed by atoms with Gasteiger partial charge < -0.3 is 5.11 Å². The second-order valence-electron chi connectivity index (χ2n) is 2.80. The minimum atomic E-state index is -1.45. The predicted octanol–water partition coefficient (Wildman–Crippen LogP) is 2.31. The molecule has 0 aliphatic carbocycles. The van der Waals surface area contributed by atoms with Crippen LogP contribution in [0, 0.1) is 11.8 Å². The zero-order chi connectivity index (χ0) is 11.7. The van der Waals surface area contributed by atoms with E-state index in [4.69, 9.17) is 4.11 Å². The summed E-state index contributed by atoms with van der Waals surface area (Å²) in [6.45, 7) is 5.43. The van der Waals surface area contributed by atoms with Gasteiger partial charge in [-0.2, -0.15) is 0 Å². The Morgan fingerprint density at radius 2 is 1.91 bits per heavy atom. The molecule has 0 aromatic heterocycles. The average molecular weight is 159 g/mol. The summed E-state index contributed by atoms with van der Waals surface area (Å²) in [5, 5.41) is 9.39. The summed E-state index contributed by atoms with van der Waals surface area (Å²) < 4.78 is 22.2. The highest BCUT2D eigenvalue weighted by Crippen LogP contribution is 2.07. The summed E-state index contributed by atoms with van der Waals surface area (Å²) in [5.74, 6) is -4.20. The Morgan fingerprint density at radius 1 is 1.45 bits per heavy atom. The van der Waals surface area contributed by atoms with Crippen LogP contribution in [0.15, 0.2) is 11.8 Å². The molecule has 0 radical (unpaired) electrons. The van der Waals surface area contributed by atoms with Crippen LogP contribution in [-0.4, -0.2) is 10.9 Å². The van der Waals surface area contributed by atoms with Crippen LogP contribution in [0.2, 0.25) is 0 Å². The minimum absolute atomic E-state index is 0.595. The normalized spacial score (nSPS) is 19.5. The first-order chi connectivity index (χ1) is 5.98. The lowest BCUT2D eigenvalue weighted by atomic mass is 10.1. The summed E-state index contributed by atoms with van der Waals surface area (Å²) >= 11 is 0. The zero-order valence-electron chi connectivity index (χ0n) is 10.4. The molecule has 0 aromatic rings. The molecule has 0 saturated heterocycles. The lowest BCUT2D eigenvalue weighted by Gasteiger charge is -2.03. The van der Waals surface area contributed by atoms with E-state index in [9.17, 15) is 9.90 Å². The molecule has 11 heavy (non-hydrogen) atoms. The fourth-order valence-corrected chi connectivity index (χ4v) is 0.358. The van der Waals surface area contributed by atoms with Gasteiger partial charge in [-0.1, -0.05) is 27.7 Å². The third-order valence-corrected chi connectivity index (χ3v) is 1.16.